The second kappa shape index (κ2) is 8.11. The first-order valence-corrected chi connectivity index (χ1v) is 11.7. The van der Waals surface area contributed by atoms with E-state index in [1.807, 2.05) is 19.9 Å². The number of aromatic hydroxyl groups is 1. The van der Waals surface area contributed by atoms with Gasteiger partial charge >= 0.3 is 5.63 Å². The van der Waals surface area contributed by atoms with Gasteiger partial charge in [0.2, 0.25) is 10.0 Å². The van der Waals surface area contributed by atoms with E-state index < -0.39 is 15.6 Å². The Balaban J connectivity index is 1.52. The lowest BCUT2D eigenvalue weighted by atomic mass is 10.1. The Morgan fingerprint density at radius 3 is 2.35 bits per heavy atom. The first kappa shape index (κ1) is 21.5. The molecule has 0 amide bonds. The monoisotopic (exact) mass is 442 g/mol. The molecule has 4 rings (SSSR count). The summed E-state index contributed by atoms with van der Waals surface area (Å²) in [5, 5.41) is 10.7. The van der Waals surface area contributed by atoms with Crippen LogP contribution >= 0.6 is 0 Å². The van der Waals surface area contributed by atoms with E-state index >= 15 is 0 Å². The number of hydrogen-bond acceptors (Lipinski definition) is 6. The van der Waals surface area contributed by atoms with Crippen molar-refractivity contribution in [3.63, 3.8) is 0 Å². The summed E-state index contributed by atoms with van der Waals surface area (Å²) >= 11 is 0. The van der Waals surface area contributed by atoms with Crippen LogP contribution in [0.1, 0.15) is 22.3 Å². The second-order valence-electron chi connectivity index (χ2n) is 8.10. The van der Waals surface area contributed by atoms with Gasteiger partial charge in [-0.2, -0.15) is 4.31 Å². The van der Waals surface area contributed by atoms with Crippen LogP contribution in [-0.4, -0.2) is 48.9 Å². The van der Waals surface area contributed by atoms with Crippen LogP contribution in [0.2, 0.25) is 0 Å². The third-order valence-electron chi connectivity index (χ3n) is 6.06. The summed E-state index contributed by atoms with van der Waals surface area (Å²) in [6.07, 6.45) is 0. The standard InChI is InChI=1S/C23H26N2O5S/c1-15-4-5-19(12-16(15)2)31(28,29)25-10-8-24(9-11-25)14-18-13-22(27)30-23-17(3)21(26)7-6-20(18)23/h4-7,12-13,26H,8-11,14H2,1-3H3. The molecule has 1 aromatic heterocycles. The fourth-order valence-corrected chi connectivity index (χ4v) is 5.45. The topological polar surface area (TPSA) is 91.1 Å². The zero-order valence-electron chi connectivity index (χ0n) is 17.9. The Morgan fingerprint density at radius 1 is 0.968 bits per heavy atom. The van der Waals surface area contributed by atoms with Gasteiger partial charge in [0.05, 0.1) is 4.90 Å². The number of nitrogens with zero attached hydrogens (tertiary/aromatic N) is 2. The molecule has 7 nitrogen and oxygen atoms in total. The largest absolute Gasteiger partial charge is 0.508 e. The van der Waals surface area contributed by atoms with Gasteiger partial charge in [-0.15, -0.1) is 0 Å². The van der Waals surface area contributed by atoms with Crippen LogP contribution in [0.25, 0.3) is 11.0 Å². The molecule has 0 radical (unpaired) electrons. The third kappa shape index (κ3) is 4.11. The lowest BCUT2D eigenvalue weighted by molar-refractivity contribution is 0.182. The second-order valence-corrected chi connectivity index (χ2v) is 10.0. The molecule has 0 bridgehead atoms. The van der Waals surface area contributed by atoms with Crippen LogP contribution in [0.15, 0.2) is 50.5 Å². The molecule has 3 aromatic rings. The maximum absolute atomic E-state index is 13.0. The summed E-state index contributed by atoms with van der Waals surface area (Å²) in [5.41, 5.74) is 3.27. The molecule has 0 saturated carbocycles. The predicted octanol–water partition coefficient (Wildman–Crippen LogP) is 2.93. The molecular formula is C23H26N2O5S. The number of phenols is 1. The normalized spacial score (nSPS) is 16.1. The van der Waals surface area contributed by atoms with E-state index in [2.05, 4.69) is 4.90 Å². The summed E-state index contributed by atoms with van der Waals surface area (Å²) in [5.74, 6) is 0.0814. The molecule has 1 aliphatic rings. The lowest BCUT2D eigenvalue weighted by Crippen LogP contribution is -2.48. The van der Waals surface area contributed by atoms with Gasteiger partial charge < -0.3 is 9.52 Å². The van der Waals surface area contributed by atoms with Crippen molar-refractivity contribution in [1.82, 2.24) is 9.21 Å². The summed E-state index contributed by atoms with van der Waals surface area (Å²) in [6, 6.07) is 10.0. The zero-order valence-corrected chi connectivity index (χ0v) is 18.7. The minimum Gasteiger partial charge on any atom is -0.508 e. The number of sulfonamides is 1. The highest BCUT2D eigenvalue weighted by molar-refractivity contribution is 7.89. The van der Waals surface area contributed by atoms with E-state index in [-0.39, 0.29) is 5.75 Å². The van der Waals surface area contributed by atoms with Crippen molar-refractivity contribution >= 4 is 21.0 Å². The molecule has 1 aliphatic heterocycles. The summed E-state index contributed by atoms with van der Waals surface area (Å²) in [7, 11) is -3.54. The van der Waals surface area contributed by atoms with Gasteiger partial charge in [-0.1, -0.05) is 6.07 Å². The lowest BCUT2D eigenvalue weighted by Gasteiger charge is -2.34. The maximum Gasteiger partial charge on any atom is 0.336 e. The molecule has 0 spiro atoms. The number of phenolic OH excluding ortho intramolecular Hbond substituents is 1. The third-order valence-corrected chi connectivity index (χ3v) is 7.95. The highest BCUT2D eigenvalue weighted by atomic mass is 32.2. The maximum atomic E-state index is 13.0. The average Bonchev–Trinajstić information content (AvgIpc) is 2.73. The molecule has 8 heteroatoms. The number of hydrogen-bond donors (Lipinski definition) is 1. The molecule has 0 aliphatic carbocycles. The van der Waals surface area contributed by atoms with E-state index in [1.54, 1.807) is 31.2 Å². The number of fused-ring (bicyclic) bond motifs is 1. The fourth-order valence-electron chi connectivity index (χ4n) is 3.94. The molecular weight excluding hydrogens is 416 g/mol. The fraction of sp³-hybridized carbons (Fsp3) is 0.348. The van der Waals surface area contributed by atoms with Crippen molar-refractivity contribution in [1.29, 1.82) is 0 Å². The smallest absolute Gasteiger partial charge is 0.336 e. The minimum atomic E-state index is -3.54. The Morgan fingerprint density at radius 2 is 1.68 bits per heavy atom. The molecule has 164 valence electrons. The first-order valence-electron chi connectivity index (χ1n) is 10.2. The zero-order chi connectivity index (χ0) is 22.3. The molecule has 1 saturated heterocycles. The quantitative estimate of drug-likeness (QED) is 0.625. The highest BCUT2D eigenvalue weighted by Gasteiger charge is 2.29. The van der Waals surface area contributed by atoms with Gasteiger partial charge in [0, 0.05) is 49.7 Å². The van der Waals surface area contributed by atoms with Gasteiger partial charge in [-0.3, -0.25) is 4.90 Å². The summed E-state index contributed by atoms with van der Waals surface area (Å²) < 4.78 is 32.9. The van der Waals surface area contributed by atoms with Crippen molar-refractivity contribution in [3.8, 4) is 5.75 Å². The van der Waals surface area contributed by atoms with E-state index in [0.717, 1.165) is 22.1 Å². The van der Waals surface area contributed by atoms with Gasteiger partial charge in [-0.05, 0) is 61.7 Å². The van der Waals surface area contributed by atoms with E-state index in [1.165, 1.54) is 10.4 Å². The molecule has 1 fully saturated rings. The van der Waals surface area contributed by atoms with Crippen LogP contribution in [0.4, 0.5) is 0 Å². The van der Waals surface area contributed by atoms with Crippen molar-refractivity contribution in [2.45, 2.75) is 32.2 Å². The molecule has 2 aromatic carbocycles. The molecule has 0 unspecified atom stereocenters. The van der Waals surface area contributed by atoms with E-state index in [9.17, 15) is 18.3 Å². The van der Waals surface area contributed by atoms with Gasteiger partial charge in [0.25, 0.3) is 0 Å². The number of aryl methyl sites for hydroxylation is 3. The summed E-state index contributed by atoms with van der Waals surface area (Å²) in [6.45, 7) is 7.97. The SMILES string of the molecule is Cc1ccc(S(=O)(=O)N2CCN(Cc3cc(=O)oc4c(C)c(O)ccc34)CC2)cc1C. The molecule has 0 atom stereocenters. The van der Waals surface area contributed by atoms with Gasteiger partial charge in [-0.25, -0.2) is 13.2 Å². The minimum absolute atomic E-state index is 0.0814. The summed E-state index contributed by atoms with van der Waals surface area (Å²) in [4.78, 5) is 14.5. The Bertz CT molecular complexity index is 1310. The predicted molar refractivity (Wildman–Crippen MR) is 119 cm³/mol. The van der Waals surface area contributed by atoms with Gasteiger partial charge in [0.15, 0.2) is 0 Å². The van der Waals surface area contributed by atoms with E-state index in [4.69, 9.17) is 4.42 Å². The highest BCUT2D eigenvalue weighted by Crippen LogP contribution is 2.28. The van der Waals surface area contributed by atoms with Crippen LogP contribution in [-0.2, 0) is 16.6 Å². The van der Waals surface area contributed by atoms with Gasteiger partial charge in [0.1, 0.15) is 11.3 Å². The van der Waals surface area contributed by atoms with Crippen molar-refractivity contribution in [2.24, 2.45) is 0 Å². The van der Waals surface area contributed by atoms with Crippen LogP contribution < -0.4 is 5.63 Å². The van der Waals surface area contributed by atoms with Crippen LogP contribution in [0, 0.1) is 20.8 Å². The first-order chi connectivity index (χ1) is 14.7. The van der Waals surface area contributed by atoms with Crippen LogP contribution in [0.5, 0.6) is 5.75 Å². The molecule has 1 N–H and O–H groups in total. The molecule has 31 heavy (non-hydrogen) atoms. The van der Waals surface area contributed by atoms with Crippen molar-refractivity contribution in [3.05, 3.63) is 69.1 Å². The Kier molecular flexibility index (Phi) is 5.63. The van der Waals surface area contributed by atoms with E-state index in [0.29, 0.717) is 48.8 Å². The number of benzene rings is 2. The Hall–Kier alpha value is -2.68. The average molecular weight is 443 g/mol. The van der Waals surface area contributed by atoms with Crippen LogP contribution in [0.3, 0.4) is 0 Å². The Labute approximate surface area is 181 Å². The number of piperazine rings is 1. The van der Waals surface area contributed by atoms with Crippen molar-refractivity contribution in [2.75, 3.05) is 26.2 Å². The number of rotatable bonds is 4. The molecule has 2 heterocycles. The van der Waals surface area contributed by atoms with Crippen molar-refractivity contribution < 1.29 is 17.9 Å².